The van der Waals surface area contributed by atoms with Crippen molar-refractivity contribution in [3.8, 4) is 0 Å². The molecule has 56 valence electrons. The number of piperidine rings is 1. The maximum atomic E-state index is 10.8. The van der Waals surface area contributed by atoms with Crippen molar-refractivity contribution < 1.29 is 4.79 Å². The molecule has 1 saturated heterocycles. The van der Waals surface area contributed by atoms with E-state index in [2.05, 4.69) is 5.32 Å². The fraction of sp³-hybridized carbons (Fsp3) is 0.714. The predicted molar refractivity (Wildman–Crippen MR) is 39.1 cm³/mol. The van der Waals surface area contributed by atoms with Crippen LogP contribution < -0.4 is 5.32 Å². The van der Waals surface area contributed by atoms with Gasteiger partial charge in [-0.05, 0) is 25.0 Å². The Bertz CT molecular complexity index is 145. The lowest BCUT2D eigenvalue weighted by Gasteiger charge is -2.19. The number of rotatable bonds is 2. The van der Waals surface area contributed by atoms with Crippen molar-refractivity contribution in [2.24, 2.45) is 5.92 Å². The van der Waals surface area contributed by atoms with E-state index < -0.39 is 0 Å². The van der Waals surface area contributed by atoms with Crippen LogP contribution in [-0.4, -0.2) is 18.7 Å². The molecule has 0 aromatic carbocycles. The second kappa shape index (κ2) is 3.34. The standard InChI is InChI=1S/C7H12N2O/c8-3-1-6-2-4-9-7(10)5-6/h3,6,8H,1-2,4-5H2,(H,9,10). The molecule has 0 aromatic rings. The zero-order chi connectivity index (χ0) is 7.40. The molecule has 0 aliphatic carbocycles. The van der Waals surface area contributed by atoms with Gasteiger partial charge >= 0.3 is 0 Å². The average Bonchev–Trinajstić information content (AvgIpc) is 1.88. The summed E-state index contributed by atoms with van der Waals surface area (Å²) in [6.45, 7) is 0.789. The first kappa shape index (κ1) is 7.25. The fourth-order valence-electron chi connectivity index (χ4n) is 1.22. The predicted octanol–water partition coefficient (Wildman–Crippen LogP) is 0.552. The molecule has 3 heteroatoms. The molecule has 3 nitrogen and oxygen atoms in total. The summed E-state index contributed by atoms with van der Waals surface area (Å²) >= 11 is 0. The van der Waals surface area contributed by atoms with Crippen LogP contribution in [0.25, 0.3) is 0 Å². The molecule has 0 bridgehead atoms. The second-order valence-electron chi connectivity index (χ2n) is 2.65. The lowest BCUT2D eigenvalue weighted by Crippen LogP contribution is -2.33. The minimum atomic E-state index is 0.137. The minimum Gasteiger partial charge on any atom is -0.356 e. The molecule has 10 heavy (non-hydrogen) atoms. The van der Waals surface area contributed by atoms with Gasteiger partial charge in [-0.1, -0.05) is 0 Å². The summed E-state index contributed by atoms with van der Waals surface area (Å²) in [7, 11) is 0. The van der Waals surface area contributed by atoms with Crippen molar-refractivity contribution in [2.45, 2.75) is 19.3 Å². The van der Waals surface area contributed by atoms with E-state index in [1.807, 2.05) is 0 Å². The Kier molecular flexibility index (Phi) is 2.42. The smallest absolute Gasteiger partial charge is 0.220 e. The molecule has 1 heterocycles. The van der Waals surface area contributed by atoms with Crippen molar-refractivity contribution in [1.29, 1.82) is 5.41 Å². The molecular formula is C7H12N2O. The van der Waals surface area contributed by atoms with Crippen LogP contribution in [-0.2, 0) is 4.79 Å². The third-order valence-electron chi connectivity index (χ3n) is 1.80. The maximum Gasteiger partial charge on any atom is 0.220 e. The Hall–Kier alpha value is -0.860. The van der Waals surface area contributed by atoms with Gasteiger partial charge in [-0.2, -0.15) is 0 Å². The van der Waals surface area contributed by atoms with Crippen LogP contribution in [0.3, 0.4) is 0 Å². The van der Waals surface area contributed by atoms with Crippen LogP contribution >= 0.6 is 0 Å². The van der Waals surface area contributed by atoms with Crippen LogP contribution in [0.4, 0.5) is 0 Å². The molecule has 1 rings (SSSR count). The van der Waals surface area contributed by atoms with Gasteiger partial charge in [0.05, 0.1) is 0 Å². The van der Waals surface area contributed by atoms with Crippen molar-refractivity contribution >= 4 is 12.1 Å². The number of nitrogens with one attached hydrogen (secondary N) is 2. The Labute approximate surface area is 60.3 Å². The molecule has 1 amide bonds. The van der Waals surface area contributed by atoms with E-state index in [0.29, 0.717) is 12.3 Å². The van der Waals surface area contributed by atoms with Gasteiger partial charge in [0.25, 0.3) is 0 Å². The molecule has 0 aromatic heterocycles. The Morgan fingerprint density at radius 3 is 3.20 bits per heavy atom. The number of carbonyl (C=O) groups excluding carboxylic acids is 1. The Morgan fingerprint density at radius 2 is 2.60 bits per heavy atom. The van der Waals surface area contributed by atoms with E-state index in [-0.39, 0.29) is 5.91 Å². The zero-order valence-corrected chi connectivity index (χ0v) is 5.89. The van der Waals surface area contributed by atoms with Gasteiger partial charge in [-0.15, -0.1) is 0 Å². The van der Waals surface area contributed by atoms with Crippen molar-refractivity contribution in [3.63, 3.8) is 0 Å². The van der Waals surface area contributed by atoms with Crippen molar-refractivity contribution in [1.82, 2.24) is 5.32 Å². The van der Waals surface area contributed by atoms with Gasteiger partial charge in [-0.3, -0.25) is 4.79 Å². The van der Waals surface area contributed by atoms with E-state index in [9.17, 15) is 4.79 Å². The first-order valence-electron chi connectivity index (χ1n) is 3.58. The van der Waals surface area contributed by atoms with E-state index >= 15 is 0 Å². The average molecular weight is 140 g/mol. The number of hydrogen-bond acceptors (Lipinski definition) is 2. The quantitative estimate of drug-likeness (QED) is 0.541. The van der Waals surface area contributed by atoms with Crippen LogP contribution in [0.15, 0.2) is 0 Å². The molecular weight excluding hydrogens is 128 g/mol. The highest BCUT2D eigenvalue weighted by atomic mass is 16.1. The first-order chi connectivity index (χ1) is 4.83. The fourth-order valence-corrected chi connectivity index (χ4v) is 1.22. The Morgan fingerprint density at radius 1 is 1.80 bits per heavy atom. The van der Waals surface area contributed by atoms with Crippen molar-refractivity contribution in [2.75, 3.05) is 6.54 Å². The highest BCUT2D eigenvalue weighted by molar-refractivity contribution is 5.77. The summed E-state index contributed by atoms with van der Waals surface area (Å²) in [5, 5.41) is 9.60. The van der Waals surface area contributed by atoms with E-state index in [1.165, 1.54) is 6.21 Å². The SMILES string of the molecule is N=CCC1CCNC(=O)C1. The highest BCUT2D eigenvalue weighted by Crippen LogP contribution is 2.14. The van der Waals surface area contributed by atoms with Crippen LogP contribution in [0.5, 0.6) is 0 Å². The second-order valence-corrected chi connectivity index (χ2v) is 2.65. The number of carbonyl (C=O) groups is 1. The number of amides is 1. The molecule has 0 radical (unpaired) electrons. The molecule has 2 N–H and O–H groups in total. The number of hydrogen-bond donors (Lipinski definition) is 2. The molecule has 1 aliphatic heterocycles. The van der Waals surface area contributed by atoms with E-state index in [1.54, 1.807) is 0 Å². The van der Waals surface area contributed by atoms with Crippen molar-refractivity contribution in [3.05, 3.63) is 0 Å². The van der Waals surface area contributed by atoms with Crippen LogP contribution in [0.2, 0.25) is 0 Å². The molecule has 0 saturated carbocycles. The molecule has 1 unspecified atom stereocenters. The summed E-state index contributed by atoms with van der Waals surface area (Å²) in [4.78, 5) is 10.8. The molecule has 0 spiro atoms. The lowest BCUT2D eigenvalue weighted by molar-refractivity contribution is -0.123. The topological polar surface area (TPSA) is 53.0 Å². The Balaban J connectivity index is 2.31. The van der Waals surface area contributed by atoms with Gasteiger partial charge in [0.1, 0.15) is 0 Å². The van der Waals surface area contributed by atoms with Gasteiger partial charge in [0.15, 0.2) is 0 Å². The van der Waals surface area contributed by atoms with Crippen LogP contribution in [0.1, 0.15) is 19.3 Å². The molecule has 1 fully saturated rings. The molecule has 1 aliphatic rings. The van der Waals surface area contributed by atoms with Crippen LogP contribution in [0, 0.1) is 11.3 Å². The van der Waals surface area contributed by atoms with Gasteiger partial charge in [0, 0.05) is 13.0 Å². The van der Waals surface area contributed by atoms with Gasteiger partial charge in [0.2, 0.25) is 5.91 Å². The summed E-state index contributed by atoms with van der Waals surface area (Å²) in [5.41, 5.74) is 0. The van der Waals surface area contributed by atoms with E-state index in [0.717, 1.165) is 19.4 Å². The minimum absolute atomic E-state index is 0.137. The lowest BCUT2D eigenvalue weighted by atomic mass is 9.95. The summed E-state index contributed by atoms with van der Waals surface area (Å²) in [6, 6.07) is 0. The monoisotopic (exact) mass is 140 g/mol. The summed E-state index contributed by atoms with van der Waals surface area (Å²) in [5.74, 6) is 0.560. The normalized spacial score (nSPS) is 25.6. The third-order valence-corrected chi connectivity index (χ3v) is 1.80. The van der Waals surface area contributed by atoms with E-state index in [4.69, 9.17) is 5.41 Å². The maximum absolute atomic E-state index is 10.8. The van der Waals surface area contributed by atoms with Gasteiger partial charge < -0.3 is 10.7 Å². The highest BCUT2D eigenvalue weighted by Gasteiger charge is 2.17. The van der Waals surface area contributed by atoms with Gasteiger partial charge in [-0.25, -0.2) is 0 Å². The summed E-state index contributed by atoms with van der Waals surface area (Å²) in [6.07, 6.45) is 3.78. The zero-order valence-electron chi connectivity index (χ0n) is 5.89. The largest absolute Gasteiger partial charge is 0.356 e. The summed E-state index contributed by atoms with van der Waals surface area (Å²) < 4.78 is 0. The molecule has 1 atom stereocenters. The third kappa shape index (κ3) is 1.83. The first-order valence-corrected chi connectivity index (χ1v) is 3.58.